The van der Waals surface area contributed by atoms with E-state index in [1.807, 2.05) is 19.9 Å². The molecule has 0 spiro atoms. The summed E-state index contributed by atoms with van der Waals surface area (Å²) in [6.45, 7) is 6.35. The van der Waals surface area contributed by atoms with Gasteiger partial charge in [0.05, 0.1) is 36.1 Å². The molecule has 9 heteroatoms. The van der Waals surface area contributed by atoms with Gasteiger partial charge in [0.15, 0.2) is 0 Å². The summed E-state index contributed by atoms with van der Waals surface area (Å²) in [5.41, 5.74) is 5.83. The topological polar surface area (TPSA) is 112 Å². The Balaban J connectivity index is 1.10. The fourth-order valence-corrected chi connectivity index (χ4v) is 5.23. The third-order valence-corrected chi connectivity index (χ3v) is 7.31. The predicted octanol–water partition coefficient (Wildman–Crippen LogP) is 1.51. The van der Waals surface area contributed by atoms with Gasteiger partial charge >= 0.3 is 0 Å². The van der Waals surface area contributed by atoms with E-state index in [1.54, 1.807) is 17.1 Å². The Bertz CT molecular complexity index is 1190. The number of nitrogens with one attached hydrogen (secondary N) is 2. The third kappa shape index (κ3) is 3.19. The van der Waals surface area contributed by atoms with Crippen LogP contribution in [0.4, 0.5) is 5.82 Å². The number of hydrogen-bond acceptors (Lipinski definition) is 6. The van der Waals surface area contributed by atoms with Crippen molar-refractivity contribution in [2.24, 2.45) is 11.8 Å². The van der Waals surface area contributed by atoms with Gasteiger partial charge in [-0.1, -0.05) is 6.07 Å². The molecule has 4 atom stereocenters. The number of aryl methyl sites for hydroxylation is 2. The Labute approximate surface area is 185 Å². The number of carbonyl (C=O) groups is 1. The average Bonchev–Trinajstić information content (AvgIpc) is 3.36. The minimum atomic E-state index is -0.130. The molecule has 0 unspecified atom stereocenters. The lowest BCUT2D eigenvalue weighted by Crippen LogP contribution is -2.27. The summed E-state index contributed by atoms with van der Waals surface area (Å²) >= 11 is 0. The summed E-state index contributed by atoms with van der Waals surface area (Å²) in [5, 5.41) is 24.6. The quantitative estimate of drug-likeness (QED) is 0.562. The standard InChI is InChI=1S/C23H27N7O2/c1-12-14(3-6-20(25-12)29-10-17-18(11-29)22(17)31)8-30-9-15(7-24-30)23(32)26-19-5-4-16-13(2)27-28-21(16)19/h3,6-7,9,17-19,22,31H,4-5,8,10-11H2,1-2H3,(H,26,32)(H,27,28)/t17-,18+,19-,22-/m1/s1. The lowest BCUT2D eigenvalue weighted by molar-refractivity contribution is 0.0935. The van der Waals surface area contributed by atoms with Gasteiger partial charge in [-0.3, -0.25) is 14.6 Å². The van der Waals surface area contributed by atoms with E-state index in [1.165, 1.54) is 5.56 Å². The van der Waals surface area contributed by atoms with Gasteiger partial charge in [-0.2, -0.15) is 10.2 Å². The summed E-state index contributed by atoms with van der Waals surface area (Å²) in [6.07, 6.45) is 5.09. The molecule has 1 saturated carbocycles. The molecule has 166 valence electrons. The molecule has 0 bridgehead atoms. The molecule has 1 saturated heterocycles. The summed E-state index contributed by atoms with van der Waals surface area (Å²) < 4.78 is 1.78. The second-order valence-electron chi connectivity index (χ2n) is 9.34. The number of H-pyrrole nitrogens is 1. The number of aromatic amines is 1. The lowest BCUT2D eigenvalue weighted by Gasteiger charge is -2.21. The van der Waals surface area contributed by atoms with E-state index in [2.05, 4.69) is 31.6 Å². The first-order valence-electron chi connectivity index (χ1n) is 11.2. The third-order valence-electron chi connectivity index (χ3n) is 7.31. The molecule has 3 aromatic rings. The predicted molar refractivity (Wildman–Crippen MR) is 117 cm³/mol. The molecule has 2 aliphatic carbocycles. The Morgan fingerprint density at radius 1 is 1.28 bits per heavy atom. The number of aromatic nitrogens is 5. The average molecular weight is 434 g/mol. The van der Waals surface area contributed by atoms with Crippen molar-refractivity contribution in [3.63, 3.8) is 0 Å². The highest BCUT2D eigenvalue weighted by atomic mass is 16.3. The van der Waals surface area contributed by atoms with Crippen molar-refractivity contribution in [2.75, 3.05) is 18.0 Å². The number of fused-ring (bicyclic) bond motifs is 2. The van der Waals surface area contributed by atoms with Gasteiger partial charge in [0.1, 0.15) is 5.82 Å². The van der Waals surface area contributed by atoms with E-state index >= 15 is 0 Å². The first-order chi connectivity index (χ1) is 15.5. The molecular weight excluding hydrogens is 406 g/mol. The zero-order valence-corrected chi connectivity index (χ0v) is 18.2. The Morgan fingerprint density at radius 3 is 2.88 bits per heavy atom. The van der Waals surface area contributed by atoms with Crippen LogP contribution in [-0.4, -0.2) is 55.2 Å². The van der Waals surface area contributed by atoms with Crippen LogP contribution < -0.4 is 10.2 Å². The molecule has 32 heavy (non-hydrogen) atoms. The van der Waals surface area contributed by atoms with E-state index in [0.717, 1.165) is 54.4 Å². The van der Waals surface area contributed by atoms with Crippen LogP contribution in [-0.2, 0) is 13.0 Å². The van der Waals surface area contributed by atoms with E-state index in [4.69, 9.17) is 4.98 Å². The largest absolute Gasteiger partial charge is 0.392 e. The van der Waals surface area contributed by atoms with E-state index in [-0.39, 0.29) is 18.1 Å². The number of carbonyl (C=O) groups excluding carboxylic acids is 1. The number of rotatable bonds is 5. The van der Waals surface area contributed by atoms with Gasteiger partial charge in [-0.15, -0.1) is 0 Å². The van der Waals surface area contributed by atoms with Crippen LogP contribution in [0.5, 0.6) is 0 Å². The second-order valence-corrected chi connectivity index (χ2v) is 9.34. The molecule has 3 aliphatic rings. The maximum absolute atomic E-state index is 12.8. The van der Waals surface area contributed by atoms with Crippen molar-refractivity contribution in [3.8, 4) is 0 Å². The number of hydrogen-bond donors (Lipinski definition) is 3. The monoisotopic (exact) mass is 433 g/mol. The molecule has 1 amide bonds. The molecule has 4 heterocycles. The van der Waals surface area contributed by atoms with Crippen LogP contribution in [0.3, 0.4) is 0 Å². The van der Waals surface area contributed by atoms with E-state index < -0.39 is 0 Å². The summed E-state index contributed by atoms with van der Waals surface area (Å²) in [6, 6.07) is 4.07. The molecular formula is C23H27N7O2. The van der Waals surface area contributed by atoms with Crippen molar-refractivity contribution in [1.29, 1.82) is 0 Å². The molecule has 0 radical (unpaired) electrons. The fourth-order valence-electron chi connectivity index (χ4n) is 5.23. The minimum Gasteiger partial charge on any atom is -0.392 e. The first kappa shape index (κ1) is 19.5. The van der Waals surface area contributed by atoms with Crippen LogP contribution in [0.2, 0.25) is 0 Å². The van der Waals surface area contributed by atoms with Gasteiger partial charge in [-0.05, 0) is 43.9 Å². The zero-order valence-electron chi connectivity index (χ0n) is 18.2. The number of pyridine rings is 1. The molecule has 1 aliphatic heterocycles. The maximum Gasteiger partial charge on any atom is 0.255 e. The second kappa shape index (κ2) is 7.16. The minimum absolute atomic E-state index is 0.0532. The molecule has 6 rings (SSSR count). The number of aliphatic hydroxyl groups is 1. The number of amides is 1. The fraction of sp³-hybridized carbons (Fsp3) is 0.478. The lowest BCUT2D eigenvalue weighted by atomic mass is 10.2. The zero-order chi connectivity index (χ0) is 22.0. The van der Waals surface area contributed by atoms with Crippen LogP contribution in [0.25, 0.3) is 0 Å². The van der Waals surface area contributed by atoms with Crippen molar-refractivity contribution in [3.05, 3.63) is 58.3 Å². The highest BCUT2D eigenvalue weighted by molar-refractivity contribution is 5.94. The highest BCUT2D eigenvalue weighted by Crippen LogP contribution is 2.46. The number of nitrogens with zero attached hydrogens (tertiary/aromatic N) is 5. The van der Waals surface area contributed by atoms with E-state index in [0.29, 0.717) is 23.9 Å². The Kier molecular flexibility index (Phi) is 4.36. The van der Waals surface area contributed by atoms with Crippen LogP contribution >= 0.6 is 0 Å². The molecule has 3 aromatic heterocycles. The molecule has 2 fully saturated rings. The van der Waals surface area contributed by atoms with Gasteiger partial charge < -0.3 is 15.3 Å². The number of piperidine rings is 1. The maximum atomic E-state index is 12.8. The Hall–Kier alpha value is -3.20. The van der Waals surface area contributed by atoms with Crippen LogP contribution in [0, 0.1) is 25.7 Å². The van der Waals surface area contributed by atoms with Crippen LogP contribution in [0.1, 0.15) is 51.0 Å². The normalized spacial score (nSPS) is 25.7. The molecule has 3 N–H and O–H groups in total. The van der Waals surface area contributed by atoms with Crippen LogP contribution in [0.15, 0.2) is 24.5 Å². The van der Waals surface area contributed by atoms with Gasteiger partial charge in [-0.25, -0.2) is 4.98 Å². The summed E-state index contributed by atoms with van der Waals surface area (Å²) in [7, 11) is 0. The van der Waals surface area contributed by atoms with Crippen molar-refractivity contribution in [2.45, 2.75) is 45.4 Å². The van der Waals surface area contributed by atoms with Crippen molar-refractivity contribution >= 4 is 11.7 Å². The molecule has 0 aromatic carbocycles. The number of anilines is 1. The van der Waals surface area contributed by atoms with E-state index in [9.17, 15) is 9.90 Å². The SMILES string of the molecule is Cc1nc(N2C[C@@H]3[C@H](O)[C@@H]3C2)ccc1Cn1cc(C(=O)N[C@@H]2CCc3c2n[nH]c3C)cn1. The van der Waals surface area contributed by atoms with Gasteiger partial charge in [0.2, 0.25) is 0 Å². The molecule has 9 nitrogen and oxygen atoms in total. The smallest absolute Gasteiger partial charge is 0.255 e. The van der Waals surface area contributed by atoms with Crippen molar-refractivity contribution < 1.29 is 9.90 Å². The summed E-state index contributed by atoms with van der Waals surface area (Å²) in [4.78, 5) is 19.8. The van der Waals surface area contributed by atoms with Gasteiger partial charge in [0.25, 0.3) is 5.91 Å². The van der Waals surface area contributed by atoms with Crippen molar-refractivity contribution in [1.82, 2.24) is 30.3 Å². The van der Waals surface area contributed by atoms with Gasteiger partial charge in [0, 0.05) is 42.5 Å². The summed E-state index contributed by atoms with van der Waals surface area (Å²) in [5.74, 6) is 1.67. The first-order valence-corrected chi connectivity index (χ1v) is 11.2. The highest BCUT2D eigenvalue weighted by Gasteiger charge is 2.55. The number of aliphatic hydroxyl groups excluding tert-OH is 1. The Morgan fingerprint density at radius 2 is 2.09 bits per heavy atom.